The Hall–Kier alpha value is -2.03. The largest absolute Gasteiger partial charge is 0.415 e. The van der Waals surface area contributed by atoms with Crippen molar-refractivity contribution < 1.29 is 14.0 Å². The third-order valence-corrected chi connectivity index (χ3v) is 10.2. The Morgan fingerprint density at radius 2 is 1.20 bits per heavy atom. The molecule has 0 aliphatic rings. The summed E-state index contributed by atoms with van der Waals surface area (Å²) in [5.74, 6) is 0. The molecule has 0 saturated carbocycles. The van der Waals surface area contributed by atoms with Gasteiger partial charge in [0.05, 0.1) is 16.8 Å². The third-order valence-electron chi connectivity index (χ3n) is 6.73. The van der Waals surface area contributed by atoms with Gasteiger partial charge in [-0.05, 0) is 104 Å². The summed E-state index contributed by atoms with van der Waals surface area (Å²) in [5, 5.41) is 10.4. The minimum Gasteiger partial charge on any atom is -0.415 e. The van der Waals surface area contributed by atoms with Gasteiger partial charge in [-0.15, -0.1) is 0 Å². The fourth-order valence-corrected chi connectivity index (χ4v) is 6.14. The van der Waals surface area contributed by atoms with Gasteiger partial charge in [0.25, 0.3) is 0 Å². The van der Waals surface area contributed by atoms with E-state index in [2.05, 4.69) is 131 Å². The molecule has 226 valence electrons. The van der Waals surface area contributed by atoms with E-state index in [1.165, 1.54) is 11.1 Å². The summed E-state index contributed by atoms with van der Waals surface area (Å²) in [7, 11) is -1.50. The molecule has 1 N–H and O–H groups in total. The summed E-state index contributed by atoms with van der Waals surface area (Å²) in [5.41, 5.74) is 5.38. The van der Waals surface area contributed by atoms with E-state index in [1.54, 1.807) is 19.9 Å². The van der Waals surface area contributed by atoms with Gasteiger partial charge in [0, 0.05) is 0 Å². The number of hydrogen-bond donors (Lipinski definition) is 1. The van der Waals surface area contributed by atoms with Crippen molar-refractivity contribution in [3.05, 3.63) is 88.5 Å². The molecule has 2 aromatic rings. The lowest BCUT2D eigenvalue weighted by Crippen LogP contribution is -2.34. The smallest absolute Gasteiger partial charge is 0.168 e. The molecule has 0 spiro atoms. The molecule has 0 unspecified atom stereocenters. The van der Waals surface area contributed by atoms with E-state index in [0.717, 1.165) is 22.3 Å². The lowest BCUT2D eigenvalue weighted by Gasteiger charge is -2.38. The molecule has 2 aromatic carbocycles. The monoisotopic (exact) mass is 592 g/mol. The van der Waals surface area contributed by atoms with E-state index in [4.69, 9.17) is 8.85 Å². The van der Waals surface area contributed by atoms with Gasteiger partial charge in [-0.1, -0.05) is 102 Å². The molecular weight excluding hydrogens is 537 g/mol. The molecule has 3 nitrogen and oxygen atoms in total. The zero-order valence-corrected chi connectivity index (χ0v) is 30.9. The van der Waals surface area contributed by atoms with Crippen molar-refractivity contribution in [2.45, 2.75) is 117 Å². The van der Waals surface area contributed by atoms with Gasteiger partial charge < -0.3 is 14.0 Å². The summed E-state index contributed by atoms with van der Waals surface area (Å²) in [6.45, 7) is 28.1. The Bertz CT molecular complexity index is 1250. The first-order chi connectivity index (χ1) is 18.6. The highest BCUT2D eigenvalue weighted by molar-refractivity contribution is 6.32. The van der Waals surface area contributed by atoms with Crippen LogP contribution in [-0.4, -0.2) is 30.2 Å². The normalized spacial score (nSPS) is 15.0. The van der Waals surface area contributed by atoms with Crippen LogP contribution in [0, 0.1) is 0 Å². The average molecular weight is 593 g/mol. The Kier molecular flexibility index (Phi) is 11.6. The fourth-order valence-electron chi connectivity index (χ4n) is 4.24. The van der Waals surface area contributed by atoms with Gasteiger partial charge in [0.15, 0.2) is 19.5 Å². The zero-order chi connectivity index (χ0) is 31.3. The maximum absolute atomic E-state index is 9.94. The van der Waals surface area contributed by atoms with Crippen LogP contribution in [0.4, 0.5) is 0 Å². The molecular formula is C36H56O3Si2. The van der Waals surface area contributed by atoms with Crippen molar-refractivity contribution in [3.63, 3.8) is 0 Å². The molecule has 0 aliphatic carbocycles. The number of allylic oxidation sites excluding steroid dienone is 3. The number of aliphatic hydroxyl groups is 1. The Labute approximate surface area is 256 Å². The van der Waals surface area contributed by atoms with E-state index >= 15 is 0 Å². The molecule has 0 fully saturated rings. The number of benzene rings is 2. The Morgan fingerprint density at radius 3 is 1.71 bits per heavy atom. The van der Waals surface area contributed by atoms with E-state index in [-0.39, 0.29) is 10.1 Å². The number of hydrogen-bond acceptors (Lipinski definition) is 3. The van der Waals surface area contributed by atoms with Crippen molar-refractivity contribution in [2.75, 3.05) is 0 Å². The summed E-state index contributed by atoms with van der Waals surface area (Å²) in [6, 6.07) is 15.3. The second-order valence-electron chi connectivity index (χ2n) is 15.3. The van der Waals surface area contributed by atoms with Crippen molar-refractivity contribution in [3.8, 4) is 0 Å². The van der Waals surface area contributed by atoms with Crippen LogP contribution in [0.5, 0.6) is 0 Å². The van der Waals surface area contributed by atoms with Crippen LogP contribution in [0.15, 0.2) is 60.7 Å². The first kappa shape index (κ1) is 35.2. The first-order valence-electron chi connectivity index (χ1n) is 14.9. The van der Waals surface area contributed by atoms with Crippen LogP contribution in [0.25, 0.3) is 17.7 Å². The SMILES string of the molecule is CC(=CC=CC(C)(C)O)c1cccc(C=Cc2ccc(C(C)(C)O[SiH2]C(C)(C)C)c(C(C)(C)O[SiH2]C(C)(C)C)c2)c1. The molecule has 0 amide bonds. The molecule has 0 heterocycles. The van der Waals surface area contributed by atoms with Crippen LogP contribution in [0.2, 0.25) is 10.1 Å². The van der Waals surface area contributed by atoms with Gasteiger partial charge >= 0.3 is 0 Å². The van der Waals surface area contributed by atoms with E-state index in [0.29, 0.717) is 0 Å². The average Bonchev–Trinajstić information content (AvgIpc) is 2.83. The topological polar surface area (TPSA) is 38.7 Å². The van der Waals surface area contributed by atoms with Crippen LogP contribution in [0.1, 0.15) is 118 Å². The second-order valence-corrected chi connectivity index (χ2v) is 20.7. The predicted octanol–water partition coefficient (Wildman–Crippen LogP) is 8.70. The lowest BCUT2D eigenvalue weighted by atomic mass is 9.84. The Morgan fingerprint density at radius 1 is 0.683 bits per heavy atom. The molecule has 0 atom stereocenters. The van der Waals surface area contributed by atoms with Gasteiger partial charge in [-0.2, -0.15) is 0 Å². The lowest BCUT2D eigenvalue weighted by molar-refractivity contribution is 0.0829. The predicted molar refractivity (Wildman–Crippen MR) is 186 cm³/mol. The standard InChI is InChI=1S/C36H56O3Si2/c1-26(16-15-23-34(8,9)37)29-18-14-17-27(24-29)19-20-28-21-22-30(35(10,11)38-40-32(2,3)4)31(25-28)36(12,13)39-41-33(5,6)7/h14-25,37H,40-41H2,1-13H3. The fraction of sp³-hybridized carbons (Fsp3) is 0.500. The third kappa shape index (κ3) is 12.4. The minimum absolute atomic E-state index is 0.210. The maximum Gasteiger partial charge on any atom is 0.168 e. The summed E-state index contributed by atoms with van der Waals surface area (Å²) in [4.78, 5) is 0. The highest BCUT2D eigenvalue weighted by Gasteiger charge is 2.33. The molecule has 0 bridgehead atoms. The maximum atomic E-state index is 9.94. The van der Waals surface area contributed by atoms with Gasteiger partial charge in [-0.3, -0.25) is 0 Å². The van der Waals surface area contributed by atoms with Crippen LogP contribution in [-0.2, 0) is 20.1 Å². The number of rotatable bonds is 11. The van der Waals surface area contributed by atoms with Crippen molar-refractivity contribution in [2.24, 2.45) is 0 Å². The van der Waals surface area contributed by atoms with E-state index in [9.17, 15) is 5.11 Å². The highest BCUT2D eigenvalue weighted by Crippen LogP contribution is 2.39. The molecule has 0 aromatic heterocycles. The Balaban J connectivity index is 2.46. The van der Waals surface area contributed by atoms with E-state index < -0.39 is 36.3 Å². The van der Waals surface area contributed by atoms with Crippen molar-refractivity contribution >= 4 is 37.3 Å². The summed E-state index contributed by atoms with van der Waals surface area (Å²) in [6.07, 6.45) is 10.1. The first-order valence-corrected chi connectivity index (χ1v) is 17.4. The molecule has 0 saturated heterocycles. The molecule has 41 heavy (non-hydrogen) atoms. The summed E-state index contributed by atoms with van der Waals surface area (Å²) >= 11 is 0. The second kappa shape index (κ2) is 13.5. The molecule has 0 radical (unpaired) electrons. The van der Waals surface area contributed by atoms with Crippen LogP contribution < -0.4 is 0 Å². The van der Waals surface area contributed by atoms with Gasteiger partial charge in [0.1, 0.15) is 0 Å². The van der Waals surface area contributed by atoms with Crippen LogP contribution in [0.3, 0.4) is 0 Å². The van der Waals surface area contributed by atoms with Gasteiger partial charge in [0.2, 0.25) is 0 Å². The molecule has 0 aliphatic heterocycles. The van der Waals surface area contributed by atoms with E-state index in [1.807, 2.05) is 12.2 Å². The zero-order valence-electron chi connectivity index (χ0n) is 28.1. The summed E-state index contributed by atoms with van der Waals surface area (Å²) < 4.78 is 13.4. The quantitative estimate of drug-likeness (QED) is 0.161. The van der Waals surface area contributed by atoms with Gasteiger partial charge in [-0.25, -0.2) is 0 Å². The molecule has 5 heteroatoms. The highest BCUT2D eigenvalue weighted by atomic mass is 28.2. The van der Waals surface area contributed by atoms with Crippen LogP contribution >= 0.6 is 0 Å². The minimum atomic E-state index is -0.819. The van der Waals surface area contributed by atoms with Crippen molar-refractivity contribution in [1.29, 1.82) is 0 Å². The molecule has 2 rings (SSSR count). The van der Waals surface area contributed by atoms with Crippen molar-refractivity contribution in [1.82, 2.24) is 0 Å².